The quantitative estimate of drug-likeness (QED) is 0.656. The first-order valence-corrected chi connectivity index (χ1v) is 5.26. The molecule has 0 aliphatic carbocycles. The number of H-pyrrole nitrogens is 1. The molecule has 0 aromatic carbocycles. The van der Waals surface area contributed by atoms with Crippen molar-refractivity contribution in [2.24, 2.45) is 5.92 Å². The molecule has 1 aliphatic heterocycles. The minimum absolute atomic E-state index is 0.108. The van der Waals surface area contributed by atoms with E-state index < -0.39 is 0 Å². The number of rotatable bonds is 3. The highest BCUT2D eigenvalue weighted by atomic mass is 16.1. The third kappa shape index (κ3) is 2.36. The first kappa shape index (κ1) is 10.2. The standard InChI is InChI=1S/C10H16N4O/c1-7-9(2-3-11-7)10(15)12-4-8-5-13-14-6-8/h5-7,9,11H,2-4H2,1H3,(H,12,15)(H,13,14). The maximum absolute atomic E-state index is 11.8. The summed E-state index contributed by atoms with van der Waals surface area (Å²) in [7, 11) is 0. The number of hydrogen-bond donors (Lipinski definition) is 3. The molecule has 1 amide bonds. The van der Waals surface area contributed by atoms with Crippen LogP contribution in [0.3, 0.4) is 0 Å². The van der Waals surface area contributed by atoms with Crippen LogP contribution >= 0.6 is 0 Å². The normalized spacial score (nSPS) is 25.4. The Labute approximate surface area is 88.6 Å². The van der Waals surface area contributed by atoms with E-state index in [9.17, 15) is 4.79 Å². The van der Waals surface area contributed by atoms with Crippen molar-refractivity contribution in [1.29, 1.82) is 0 Å². The molecule has 1 saturated heterocycles. The van der Waals surface area contributed by atoms with Gasteiger partial charge >= 0.3 is 0 Å². The van der Waals surface area contributed by atoms with Crippen molar-refractivity contribution in [3.63, 3.8) is 0 Å². The summed E-state index contributed by atoms with van der Waals surface area (Å²) in [6.45, 7) is 3.54. The first-order chi connectivity index (χ1) is 7.27. The highest BCUT2D eigenvalue weighted by Crippen LogP contribution is 2.14. The Bertz CT molecular complexity index is 322. The molecule has 0 spiro atoms. The van der Waals surface area contributed by atoms with Crippen LogP contribution in [-0.4, -0.2) is 28.7 Å². The van der Waals surface area contributed by atoms with Crippen LogP contribution in [0, 0.1) is 5.92 Å². The van der Waals surface area contributed by atoms with Gasteiger partial charge in [-0.05, 0) is 19.9 Å². The summed E-state index contributed by atoms with van der Waals surface area (Å²) in [5.41, 5.74) is 1.00. The Hall–Kier alpha value is -1.36. The zero-order valence-electron chi connectivity index (χ0n) is 8.79. The first-order valence-electron chi connectivity index (χ1n) is 5.26. The fourth-order valence-electron chi connectivity index (χ4n) is 1.91. The Kier molecular flexibility index (Phi) is 3.01. The van der Waals surface area contributed by atoms with Crippen LogP contribution < -0.4 is 10.6 Å². The number of hydrogen-bond acceptors (Lipinski definition) is 3. The molecule has 15 heavy (non-hydrogen) atoms. The Morgan fingerprint density at radius 1 is 1.73 bits per heavy atom. The summed E-state index contributed by atoms with van der Waals surface area (Å²) < 4.78 is 0. The zero-order chi connectivity index (χ0) is 10.7. The molecular weight excluding hydrogens is 192 g/mol. The lowest BCUT2D eigenvalue weighted by atomic mass is 10.0. The summed E-state index contributed by atoms with van der Waals surface area (Å²) in [4.78, 5) is 11.8. The largest absolute Gasteiger partial charge is 0.352 e. The highest BCUT2D eigenvalue weighted by molar-refractivity contribution is 5.79. The molecular formula is C10H16N4O. The predicted octanol–water partition coefficient (Wildman–Crippen LogP) is 0.0239. The average Bonchev–Trinajstić information content (AvgIpc) is 2.84. The van der Waals surface area contributed by atoms with Crippen LogP contribution in [-0.2, 0) is 11.3 Å². The van der Waals surface area contributed by atoms with Gasteiger partial charge in [0, 0.05) is 24.3 Å². The van der Waals surface area contributed by atoms with Gasteiger partial charge in [-0.3, -0.25) is 9.89 Å². The summed E-state index contributed by atoms with van der Waals surface area (Å²) >= 11 is 0. The number of amides is 1. The molecule has 82 valence electrons. The van der Waals surface area contributed by atoms with Crippen molar-refractivity contribution in [1.82, 2.24) is 20.8 Å². The fourth-order valence-corrected chi connectivity index (χ4v) is 1.91. The van der Waals surface area contributed by atoms with Gasteiger partial charge in [0.1, 0.15) is 0 Å². The minimum Gasteiger partial charge on any atom is -0.352 e. The fraction of sp³-hybridized carbons (Fsp3) is 0.600. The molecule has 1 fully saturated rings. The van der Waals surface area contributed by atoms with Gasteiger partial charge in [-0.25, -0.2) is 0 Å². The van der Waals surface area contributed by atoms with E-state index in [1.807, 2.05) is 0 Å². The lowest BCUT2D eigenvalue weighted by Crippen LogP contribution is -2.36. The second-order valence-corrected chi connectivity index (χ2v) is 3.96. The maximum atomic E-state index is 11.8. The molecule has 2 rings (SSSR count). The van der Waals surface area contributed by atoms with E-state index in [-0.39, 0.29) is 17.9 Å². The Balaban J connectivity index is 1.82. The van der Waals surface area contributed by atoms with Gasteiger partial charge in [-0.1, -0.05) is 0 Å². The second kappa shape index (κ2) is 4.44. The van der Waals surface area contributed by atoms with Gasteiger partial charge in [-0.2, -0.15) is 5.10 Å². The summed E-state index contributed by atoms with van der Waals surface area (Å²) in [6.07, 6.45) is 4.44. The van der Waals surface area contributed by atoms with Gasteiger partial charge in [-0.15, -0.1) is 0 Å². The zero-order valence-corrected chi connectivity index (χ0v) is 8.79. The Morgan fingerprint density at radius 2 is 2.60 bits per heavy atom. The van der Waals surface area contributed by atoms with Crippen LogP contribution in [0.2, 0.25) is 0 Å². The summed E-state index contributed by atoms with van der Waals surface area (Å²) in [6, 6.07) is 0.286. The van der Waals surface area contributed by atoms with Crippen molar-refractivity contribution in [3.8, 4) is 0 Å². The molecule has 5 heteroatoms. The maximum Gasteiger partial charge on any atom is 0.224 e. The molecule has 2 unspecified atom stereocenters. The molecule has 1 aromatic rings. The lowest BCUT2D eigenvalue weighted by Gasteiger charge is -2.14. The molecule has 0 saturated carbocycles. The molecule has 5 nitrogen and oxygen atoms in total. The molecule has 0 bridgehead atoms. The van der Waals surface area contributed by atoms with E-state index >= 15 is 0 Å². The van der Waals surface area contributed by atoms with Crippen molar-refractivity contribution >= 4 is 5.91 Å². The van der Waals surface area contributed by atoms with Gasteiger partial charge < -0.3 is 10.6 Å². The van der Waals surface area contributed by atoms with Gasteiger partial charge in [0.25, 0.3) is 0 Å². The van der Waals surface area contributed by atoms with E-state index in [4.69, 9.17) is 0 Å². The van der Waals surface area contributed by atoms with Crippen LogP contribution in [0.1, 0.15) is 18.9 Å². The van der Waals surface area contributed by atoms with E-state index in [1.54, 1.807) is 12.4 Å². The van der Waals surface area contributed by atoms with Crippen molar-refractivity contribution in [2.75, 3.05) is 6.54 Å². The van der Waals surface area contributed by atoms with Gasteiger partial charge in [0.15, 0.2) is 0 Å². The predicted molar refractivity (Wildman–Crippen MR) is 56.0 cm³/mol. The monoisotopic (exact) mass is 208 g/mol. The molecule has 0 radical (unpaired) electrons. The van der Waals surface area contributed by atoms with Crippen LogP contribution in [0.25, 0.3) is 0 Å². The number of aromatic nitrogens is 2. The number of nitrogens with one attached hydrogen (secondary N) is 3. The van der Waals surface area contributed by atoms with E-state index in [0.29, 0.717) is 6.54 Å². The average molecular weight is 208 g/mol. The molecule has 1 aliphatic rings. The number of carbonyl (C=O) groups excluding carboxylic acids is 1. The summed E-state index contributed by atoms with van der Waals surface area (Å²) in [5.74, 6) is 0.241. The van der Waals surface area contributed by atoms with Crippen molar-refractivity contribution in [2.45, 2.75) is 25.9 Å². The van der Waals surface area contributed by atoms with E-state index in [2.05, 4.69) is 27.8 Å². The highest BCUT2D eigenvalue weighted by Gasteiger charge is 2.28. The smallest absolute Gasteiger partial charge is 0.224 e. The number of carbonyl (C=O) groups is 1. The number of nitrogens with zero attached hydrogens (tertiary/aromatic N) is 1. The van der Waals surface area contributed by atoms with Crippen molar-refractivity contribution in [3.05, 3.63) is 18.0 Å². The number of aromatic amines is 1. The third-order valence-electron chi connectivity index (χ3n) is 2.88. The van der Waals surface area contributed by atoms with Crippen LogP contribution in [0.5, 0.6) is 0 Å². The van der Waals surface area contributed by atoms with Crippen LogP contribution in [0.4, 0.5) is 0 Å². The van der Waals surface area contributed by atoms with Gasteiger partial charge in [0.2, 0.25) is 5.91 Å². The third-order valence-corrected chi connectivity index (χ3v) is 2.88. The van der Waals surface area contributed by atoms with E-state index in [0.717, 1.165) is 18.5 Å². The van der Waals surface area contributed by atoms with Gasteiger partial charge in [0.05, 0.1) is 12.1 Å². The second-order valence-electron chi connectivity index (χ2n) is 3.96. The minimum atomic E-state index is 0.108. The topological polar surface area (TPSA) is 69.8 Å². The van der Waals surface area contributed by atoms with E-state index in [1.165, 1.54) is 0 Å². The Morgan fingerprint density at radius 3 is 3.20 bits per heavy atom. The summed E-state index contributed by atoms with van der Waals surface area (Å²) in [5, 5.41) is 12.7. The molecule has 2 atom stereocenters. The molecule has 2 heterocycles. The van der Waals surface area contributed by atoms with Crippen LogP contribution in [0.15, 0.2) is 12.4 Å². The lowest BCUT2D eigenvalue weighted by molar-refractivity contribution is -0.125. The van der Waals surface area contributed by atoms with Crippen molar-refractivity contribution < 1.29 is 4.79 Å². The molecule has 1 aromatic heterocycles. The SMILES string of the molecule is CC1NCCC1C(=O)NCc1cn[nH]c1. The molecule has 3 N–H and O–H groups in total.